The average molecular weight is 265 g/mol. The number of hydrogen-bond donors (Lipinski definition) is 0. The summed E-state index contributed by atoms with van der Waals surface area (Å²) in [6.45, 7) is 6.29. The first-order valence-corrected chi connectivity index (χ1v) is 7.73. The van der Waals surface area contributed by atoms with E-state index in [0.717, 1.165) is 19.5 Å². The van der Waals surface area contributed by atoms with E-state index in [1.807, 2.05) is 0 Å². The minimum absolute atomic E-state index is 0.241. The Morgan fingerprint density at radius 3 is 2.83 bits per heavy atom. The van der Waals surface area contributed by atoms with Crippen molar-refractivity contribution >= 4 is 17.1 Å². The molecule has 0 saturated heterocycles. The van der Waals surface area contributed by atoms with E-state index < -0.39 is 0 Å². The second-order valence-electron chi connectivity index (χ2n) is 5.92. The smallest absolute Gasteiger partial charge is 0.137 e. The summed E-state index contributed by atoms with van der Waals surface area (Å²) in [5.74, 6) is 1.82. The van der Waals surface area contributed by atoms with Gasteiger partial charge in [-0.1, -0.05) is 13.8 Å². The maximum absolute atomic E-state index is 12.1. The Labute approximate surface area is 114 Å². The number of ketones is 1. The molecule has 2 nitrogen and oxygen atoms in total. The Kier molecular flexibility index (Phi) is 4.57. The van der Waals surface area contributed by atoms with Crippen LogP contribution >= 0.6 is 11.3 Å². The lowest BCUT2D eigenvalue weighted by molar-refractivity contribution is -0.128. The fourth-order valence-corrected chi connectivity index (χ4v) is 3.73. The standard InChI is InChI=1S/C15H23NOS/c1-11-6-12(2)14(15(17)7-11)9-16(3)8-13-4-5-18-10-13/h4-5,10-12,14H,6-9H2,1-3H3. The number of Topliss-reactive ketones (excluding diaryl/α,β-unsaturated/α-hetero) is 1. The summed E-state index contributed by atoms with van der Waals surface area (Å²) >= 11 is 1.74. The number of hydrogen-bond acceptors (Lipinski definition) is 3. The van der Waals surface area contributed by atoms with Crippen molar-refractivity contribution in [2.75, 3.05) is 13.6 Å². The van der Waals surface area contributed by atoms with E-state index in [2.05, 4.69) is 42.6 Å². The van der Waals surface area contributed by atoms with Crippen LogP contribution in [0.15, 0.2) is 16.8 Å². The van der Waals surface area contributed by atoms with Crippen LogP contribution < -0.4 is 0 Å². The molecule has 0 spiro atoms. The molecule has 1 fully saturated rings. The minimum atomic E-state index is 0.241. The molecule has 18 heavy (non-hydrogen) atoms. The summed E-state index contributed by atoms with van der Waals surface area (Å²) in [6.07, 6.45) is 1.98. The highest BCUT2D eigenvalue weighted by molar-refractivity contribution is 7.07. The largest absolute Gasteiger partial charge is 0.301 e. The topological polar surface area (TPSA) is 20.3 Å². The van der Waals surface area contributed by atoms with Gasteiger partial charge in [0.25, 0.3) is 0 Å². The van der Waals surface area contributed by atoms with E-state index in [9.17, 15) is 4.79 Å². The highest BCUT2D eigenvalue weighted by Crippen LogP contribution is 2.31. The third-order valence-corrected chi connectivity index (χ3v) is 4.70. The number of carbonyl (C=O) groups is 1. The van der Waals surface area contributed by atoms with Gasteiger partial charge in [-0.15, -0.1) is 0 Å². The van der Waals surface area contributed by atoms with Crippen LogP contribution in [0.25, 0.3) is 0 Å². The van der Waals surface area contributed by atoms with Crippen molar-refractivity contribution < 1.29 is 4.79 Å². The SMILES string of the molecule is CC1CC(=O)C(CN(C)Cc2ccsc2)C(C)C1. The molecule has 1 aliphatic rings. The zero-order valence-corrected chi connectivity index (χ0v) is 12.4. The summed E-state index contributed by atoms with van der Waals surface area (Å²) in [5.41, 5.74) is 1.35. The van der Waals surface area contributed by atoms with Gasteiger partial charge in [-0.2, -0.15) is 11.3 Å². The van der Waals surface area contributed by atoms with Crippen LogP contribution in [0.5, 0.6) is 0 Å². The first kappa shape index (κ1) is 13.8. The van der Waals surface area contributed by atoms with E-state index in [1.165, 1.54) is 12.0 Å². The zero-order valence-electron chi connectivity index (χ0n) is 11.6. The first-order chi connectivity index (χ1) is 8.56. The molecule has 0 aliphatic heterocycles. The Bertz CT molecular complexity index is 387. The third-order valence-electron chi connectivity index (χ3n) is 3.97. The number of rotatable bonds is 4. The second-order valence-corrected chi connectivity index (χ2v) is 6.70. The van der Waals surface area contributed by atoms with Gasteiger partial charge >= 0.3 is 0 Å². The van der Waals surface area contributed by atoms with Gasteiger partial charge in [-0.25, -0.2) is 0 Å². The van der Waals surface area contributed by atoms with Crippen LogP contribution in [0.3, 0.4) is 0 Å². The minimum Gasteiger partial charge on any atom is -0.301 e. The van der Waals surface area contributed by atoms with Gasteiger partial charge in [0.05, 0.1) is 0 Å². The van der Waals surface area contributed by atoms with Crippen LogP contribution in [0.4, 0.5) is 0 Å². The summed E-state index contributed by atoms with van der Waals surface area (Å²) < 4.78 is 0. The summed E-state index contributed by atoms with van der Waals surface area (Å²) in [7, 11) is 2.12. The van der Waals surface area contributed by atoms with Crippen LogP contribution in [-0.2, 0) is 11.3 Å². The molecular weight excluding hydrogens is 242 g/mol. The maximum Gasteiger partial charge on any atom is 0.137 e. The highest BCUT2D eigenvalue weighted by Gasteiger charge is 2.32. The normalized spacial score (nSPS) is 28.9. The number of thiophene rings is 1. The van der Waals surface area contributed by atoms with Gasteiger partial charge in [0.15, 0.2) is 0 Å². The lowest BCUT2D eigenvalue weighted by Gasteiger charge is -2.33. The van der Waals surface area contributed by atoms with Crippen molar-refractivity contribution in [1.82, 2.24) is 4.90 Å². The van der Waals surface area contributed by atoms with Gasteiger partial charge in [0, 0.05) is 25.4 Å². The Morgan fingerprint density at radius 1 is 1.44 bits per heavy atom. The molecule has 3 heteroatoms. The van der Waals surface area contributed by atoms with Gasteiger partial charge in [-0.05, 0) is 47.7 Å². The molecule has 1 aliphatic carbocycles. The average Bonchev–Trinajstić information content (AvgIpc) is 2.76. The predicted octanol–water partition coefficient (Wildman–Crippen LogP) is 3.43. The van der Waals surface area contributed by atoms with Crippen LogP contribution in [0.1, 0.15) is 32.3 Å². The Morgan fingerprint density at radius 2 is 2.22 bits per heavy atom. The van der Waals surface area contributed by atoms with Crippen molar-refractivity contribution in [2.45, 2.75) is 33.2 Å². The van der Waals surface area contributed by atoms with E-state index in [1.54, 1.807) is 11.3 Å². The molecular formula is C15H23NOS. The van der Waals surface area contributed by atoms with E-state index >= 15 is 0 Å². The highest BCUT2D eigenvalue weighted by atomic mass is 32.1. The molecule has 3 atom stereocenters. The summed E-state index contributed by atoms with van der Waals surface area (Å²) in [6, 6.07) is 2.16. The quantitative estimate of drug-likeness (QED) is 0.831. The molecule has 2 rings (SSSR count). The molecule has 0 bridgehead atoms. The second kappa shape index (κ2) is 5.98. The van der Waals surface area contributed by atoms with Crippen LogP contribution in [0.2, 0.25) is 0 Å². The number of nitrogens with zero attached hydrogens (tertiary/aromatic N) is 1. The maximum atomic E-state index is 12.1. The lowest BCUT2D eigenvalue weighted by Crippen LogP contribution is -2.38. The van der Waals surface area contributed by atoms with E-state index in [4.69, 9.17) is 0 Å². The van der Waals surface area contributed by atoms with Gasteiger partial charge in [0.2, 0.25) is 0 Å². The van der Waals surface area contributed by atoms with Gasteiger partial charge in [-0.3, -0.25) is 4.79 Å². The fraction of sp³-hybridized carbons (Fsp3) is 0.667. The van der Waals surface area contributed by atoms with Crippen LogP contribution in [-0.4, -0.2) is 24.3 Å². The molecule has 1 aromatic heterocycles. The third kappa shape index (κ3) is 3.42. The molecule has 0 amide bonds. The monoisotopic (exact) mass is 265 g/mol. The molecule has 1 aromatic rings. The van der Waals surface area contributed by atoms with Crippen molar-refractivity contribution in [1.29, 1.82) is 0 Å². The molecule has 3 unspecified atom stereocenters. The molecule has 0 N–H and O–H groups in total. The summed E-state index contributed by atoms with van der Waals surface area (Å²) in [4.78, 5) is 14.4. The fourth-order valence-electron chi connectivity index (χ4n) is 3.07. The van der Waals surface area contributed by atoms with Crippen molar-refractivity contribution in [3.8, 4) is 0 Å². The van der Waals surface area contributed by atoms with Crippen LogP contribution in [0, 0.1) is 17.8 Å². The summed E-state index contributed by atoms with van der Waals surface area (Å²) in [5, 5.41) is 4.30. The Balaban J connectivity index is 1.90. The molecule has 0 aromatic carbocycles. The van der Waals surface area contributed by atoms with E-state index in [-0.39, 0.29) is 5.92 Å². The van der Waals surface area contributed by atoms with Gasteiger partial charge < -0.3 is 4.90 Å². The van der Waals surface area contributed by atoms with E-state index in [0.29, 0.717) is 17.6 Å². The molecule has 0 radical (unpaired) electrons. The first-order valence-electron chi connectivity index (χ1n) is 6.78. The predicted molar refractivity (Wildman–Crippen MR) is 76.7 cm³/mol. The molecule has 1 heterocycles. The van der Waals surface area contributed by atoms with Gasteiger partial charge in [0.1, 0.15) is 5.78 Å². The van der Waals surface area contributed by atoms with Crippen molar-refractivity contribution in [2.24, 2.45) is 17.8 Å². The Hall–Kier alpha value is -0.670. The lowest BCUT2D eigenvalue weighted by atomic mass is 9.74. The van der Waals surface area contributed by atoms with Crippen molar-refractivity contribution in [3.05, 3.63) is 22.4 Å². The van der Waals surface area contributed by atoms with Crippen molar-refractivity contribution in [3.63, 3.8) is 0 Å². The molecule has 100 valence electrons. The zero-order chi connectivity index (χ0) is 13.1. The molecule has 1 saturated carbocycles. The number of carbonyl (C=O) groups excluding carboxylic acids is 1.